The summed E-state index contributed by atoms with van der Waals surface area (Å²) in [5, 5.41) is 7.21. The molecule has 1 aromatic carbocycles. The molecule has 0 aliphatic carbocycles. The zero-order chi connectivity index (χ0) is 21.8. The third-order valence-electron chi connectivity index (χ3n) is 6.17. The van der Waals surface area contributed by atoms with Gasteiger partial charge in [0.2, 0.25) is 11.7 Å². The van der Waals surface area contributed by atoms with Crippen LogP contribution in [0.2, 0.25) is 0 Å². The second-order valence-electron chi connectivity index (χ2n) is 8.31. The van der Waals surface area contributed by atoms with Gasteiger partial charge in [-0.25, -0.2) is 4.98 Å². The zero-order valence-corrected chi connectivity index (χ0v) is 17.9. The highest BCUT2D eigenvalue weighted by atomic mass is 16.5. The number of aromatic nitrogens is 3. The van der Waals surface area contributed by atoms with E-state index in [2.05, 4.69) is 25.3 Å². The third-order valence-corrected chi connectivity index (χ3v) is 6.17. The highest BCUT2D eigenvalue weighted by Gasteiger charge is 2.28. The summed E-state index contributed by atoms with van der Waals surface area (Å²) in [6.07, 6.45) is 5.62. The topological polar surface area (TPSA) is 93.4 Å². The molecule has 2 aromatic heterocycles. The molecule has 32 heavy (non-hydrogen) atoms. The van der Waals surface area contributed by atoms with Crippen LogP contribution in [0.25, 0.3) is 22.8 Å². The maximum atomic E-state index is 12.6. The van der Waals surface area contributed by atoms with Crippen molar-refractivity contribution in [1.82, 2.24) is 20.4 Å². The van der Waals surface area contributed by atoms with Crippen LogP contribution in [0.4, 0.5) is 5.82 Å². The number of amides is 1. The average Bonchev–Trinajstić information content (AvgIpc) is 3.56. The maximum absolute atomic E-state index is 12.6. The van der Waals surface area contributed by atoms with E-state index in [1.807, 2.05) is 42.5 Å². The van der Waals surface area contributed by atoms with Gasteiger partial charge in [0.25, 0.3) is 5.89 Å². The van der Waals surface area contributed by atoms with Gasteiger partial charge in [0, 0.05) is 43.9 Å². The number of nitrogens with one attached hydrogen (secondary N) is 1. The van der Waals surface area contributed by atoms with Crippen molar-refractivity contribution < 1.29 is 14.1 Å². The number of hydrogen-bond acceptors (Lipinski definition) is 7. The summed E-state index contributed by atoms with van der Waals surface area (Å²) in [5.74, 6) is 1.97. The number of piperidine rings is 1. The largest absolute Gasteiger partial charge is 0.376 e. The molecule has 3 aromatic rings. The molecule has 8 nitrogen and oxygen atoms in total. The van der Waals surface area contributed by atoms with Crippen molar-refractivity contribution in [3.05, 3.63) is 48.7 Å². The van der Waals surface area contributed by atoms with Gasteiger partial charge in [-0.3, -0.25) is 4.79 Å². The smallest absolute Gasteiger partial charge is 0.261 e. The van der Waals surface area contributed by atoms with Crippen molar-refractivity contribution in [3.8, 4) is 22.8 Å². The fraction of sp³-hybridized carbons (Fsp3) is 0.417. The minimum atomic E-state index is 0.0212. The lowest BCUT2D eigenvalue weighted by molar-refractivity contribution is -0.126. The Hall–Kier alpha value is -3.26. The highest BCUT2D eigenvalue weighted by Crippen LogP contribution is 2.31. The molecule has 2 saturated heterocycles. The lowest BCUT2D eigenvalue weighted by Crippen LogP contribution is -2.42. The second-order valence-corrected chi connectivity index (χ2v) is 8.31. The Morgan fingerprint density at radius 3 is 2.72 bits per heavy atom. The van der Waals surface area contributed by atoms with Crippen LogP contribution >= 0.6 is 0 Å². The molecule has 1 amide bonds. The first-order chi connectivity index (χ1) is 15.8. The SMILES string of the molecule is O=C(NC[C@@H]1CCCO1)C1CCN(c2ncccc2-c2nc(-c3ccccc3)no2)CC1. The van der Waals surface area contributed by atoms with E-state index in [-0.39, 0.29) is 17.9 Å². The molecule has 5 rings (SSSR count). The van der Waals surface area contributed by atoms with E-state index in [0.29, 0.717) is 18.3 Å². The Morgan fingerprint density at radius 2 is 1.94 bits per heavy atom. The van der Waals surface area contributed by atoms with Crippen LogP contribution in [0.5, 0.6) is 0 Å². The van der Waals surface area contributed by atoms with Crippen molar-refractivity contribution in [1.29, 1.82) is 0 Å². The molecule has 8 heteroatoms. The second kappa shape index (κ2) is 9.48. The molecule has 0 radical (unpaired) electrons. The van der Waals surface area contributed by atoms with Crippen molar-refractivity contribution in [2.45, 2.75) is 31.8 Å². The van der Waals surface area contributed by atoms with Crippen molar-refractivity contribution >= 4 is 11.7 Å². The first-order valence-corrected chi connectivity index (χ1v) is 11.3. The number of carbonyl (C=O) groups is 1. The summed E-state index contributed by atoms with van der Waals surface area (Å²) < 4.78 is 11.2. The summed E-state index contributed by atoms with van der Waals surface area (Å²) in [6, 6.07) is 13.6. The number of nitrogens with zero attached hydrogens (tertiary/aromatic N) is 4. The number of carbonyl (C=O) groups excluding carboxylic acids is 1. The maximum Gasteiger partial charge on any atom is 0.261 e. The predicted molar refractivity (Wildman–Crippen MR) is 120 cm³/mol. The van der Waals surface area contributed by atoms with Gasteiger partial charge in [-0.15, -0.1) is 0 Å². The van der Waals surface area contributed by atoms with Gasteiger partial charge in [-0.1, -0.05) is 35.5 Å². The van der Waals surface area contributed by atoms with E-state index >= 15 is 0 Å². The van der Waals surface area contributed by atoms with E-state index in [1.165, 1.54) is 0 Å². The number of benzene rings is 1. The molecule has 2 aliphatic rings. The summed E-state index contributed by atoms with van der Waals surface area (Å²) in [4.78, 5) is 24.0. The Kier molecular flexibility index (Phi) is 6.11. The summed E-state index contributed by atoms with van der Waals surface area (Å²) in [7, 11) is 0. The Bertz CT molecular complexity index is 1040. The molecule has 0 bridgehead atoms. The van der Waals surface area contributed by atoms with Gasteiger partial charge >= 0.3 is 0 Å². The van der Waals surface area contributed by atoms with Gasteiger partial charge in [0.1, 0.15) is 5.82 Å². The first-order valence-electron chi connectivity index (χ1n) is 11.3. The van der Waals surface area contributed by atoms with Crippen LogP contribution in [0, 0.1) is 5.92 Å². The van der Waals surface area contributed by atoms with E-state index in [1.54, 1.807) is 6.20 Å². The van der Waals surface area contributed by atoms with Gasteiger partial charge < -0.3 is 19.5 Å². The van der Waals surface area contributed by atoms with Gasteiger partial charge in [-0.05, 0) is 37.8 Å². The van der Waals surface area contributed by atoms with Gasteiger partial charge in [0.05, 0.1) is 11.7 Å². The zero-order valence-electron chi connectivity index (χ0n) is 17.9. The molecule has 1 N–H and O–H groups in total. The monoisotopic (exact) mass is 433 g/mol. The van der Waals surface area contributed by atoms with Gasteiger partial charge in [-0.2, -0.15) is 4.98 Å². The first kappa shape index (κ1) is 20.6. The number of ether oxygens (including phenoxy) is 1. The van der Waals surface area contributed by atoms with Crippen molar-refractivity contribution in [2.24, 2.45) is 5.92 Å². The lowest BCUT2D eigenvalue weighted by Gasteiger charge is -2.33. The average molecular weight is 434 g/mol. The molecule has 0 saturated carbocycles. The van der Waals surface area contributed by atoms with Crippen LogP contribution in [0.1, 0.15) is 25.7 Å². The number of hydrogen-bond donors (Lipinski definition) is 1. The molecule has 1 atom stereocenters. The van der Waals surface area contributed by atoms with E-state index in [9.17, 15) is 4.79 Å². The van der Waals surface area contributed by atoms with Crippen molar-refractivity contribution in [3.63, 3.8) is 0 Å². The van der Waals surface area contributed by atoms with Crippen LogP contribution in [0.3, 0.4) is 0 Å². The minimum absolute atomic E-state index is 0.0212. The standard InChI is InChI=1S/C24H27N5O3/c30-23(26-16-19-8-5-15-31-19)18-10-13-29(14-11-18)22-20(9-4-12-25-22)24-27-21(28-32-24)17-6-2-1-3-7-17/h1-4,6-7,9,12,18-19H,5,8,10-11,13-16H2,(H,26,30)/t19-/m0/s1. The molecule has 4 heterocycles. The minimum Gasteiger partial charge on any atom is -0.376 e. The van der Waals surface area contributed by atoms with Crippen LogP contribution in [-0.2, 0) is 9.53 Å². The molecule has 2 fully saturated rings. The summed E-state index contributed by atoms with van der Waals surface area (Å²) in [6.45, 7) is 2.92. The third kappa shape index (κ3) is 4.50. The Balaban J connectivity index is 1.24. The molecule has 0 unspecified atom stereocenters. The fourth-order valence-corrected chi connectivity index (χ4v) is 4.37. The van der Waals surface area contributed by atoms with E-state index in [0.717, 1.165) is 62.3 Å². The summed E-state index contributed by atoms with van der Waals surface area (Å²) in [5.41, 5.74) is 1.71. The molecule has 166 valence electrons. The van der Waals surface area contributed by atoms with Crippen molar-refractivity contribution in [2.75, 3.05) is 31.1 Å². The lowest BCUT2D eigenvalue weighted by atomic mass is 9.95. The van der Waals surface area contributed by atoms with Crippen LogP contribution in [0.15, 0.2) is 53.2 Å². The predicted octanol–water partition coefficient (Wildman–Crippen LogP) is 3.31. The Labute approximate surface area is 187 Å². The van der Waals surface area contributed by atoms with Crippen LogP contribution < -0.4 is 10.2 Å². The highest BCUT2D eigenvalue weighted by molar-refractivity contribution is 5.79. The molecular weight excluding hydrogens is 406 g/mol. The molecule has 2 aliphatic heterocycles. The Morgan fingerprint density at radius 1 is 1.09 bits per heavy atom. The van der Waals surface area contributed by atoms with Crippen LogP contribution in [-0.4, -0.2) is 53.4 Å². The van der Waals surface area contributed by atoms with E-state index in [4.69, 9.17) is 9.26 Å². The molecule has 0 spiro atoms. The van der Waals surface area contributed by atoms with Gasteiger partial charge in [0.15, 0.2) is 0 Å². The quantitative estimate of drug-likeness (QED) is 0.637. The number of anilines is 1. The molecular formula is C24H27N5O3. The summed E-state index contributed by atoms with van der Waals surface area (Å²) >= 11 is 0. The number of rotatable bonds is 6. The van der Waals surface area contributed by atoms with E-state index < -0.39 is 0 Å². The number of pyridine rings is 1. The fourth-order valence-electron chi connectivity index (χ4n) is 4.37. The normalized spacial score (nSPS) is 19.2.